The van der Waals surface area contributed by atoms with E-state index in [-0.39, 0.29) is 35.7 Å². The van der Waals surface area contributed by atoms with Crippen LogP contribution in [0.5, 0.6) is 0 Å². The highest BCUT2D eigenvalue weighted by atomic mass is 127. The quantitative estimate of drug-likeness (QED) is 0.248. The number of nitrogens with zero attached hydrogens (tertiary/aromatic N) is 2. The first-order valence-corrected chi connectivity index (χ1v) is 10.2. The van der Waals surface area contributed by atoms with Crippen molar-refractivity contribution < 1.29 is 9.18 Å². The van der Waals surface area contributed by atoms with Gasteiger partial charge < -0.3 is 15.5 Å². The zero-order valence-electron chi connectivity index (χ0n) is 17.6. The fourth-order valence-corrected chi connectivity index (χ4v) is 3.43. The normalized spacial score (nSPS) is 12.9. The fraction of sp³-hybridized carbons (Fsp3) is 0.391. The zero-order chi connectivity index (χ0) is 20.6. The lowest BCUT2D eigenvalue weighted by Crippen LogP contribution is -2.38. The van der Waals surface area contributed by atoms with Gasteiger partial charge in [-0.15, -0.1) is 24.0 Å². The summed E-state index contributed by atoms with van der Waals surface area (Å²) in [5.41, 5.74) is 4.08. The Kier molecular flexibility index (Phi) is 9.55. The lowest BCUT2D eigenvalue weighted by atomic mass is 10.1. The van der Waals surface area contributed by atoms with Crippen molar-refractivity contribution >= 4 is 35.8 Å². The molecule has 1 heterocycles. The average Bonchev–Trinajstić information content (AvgIpc) is 3.16. The molecule has 162 valence electrons. The van der Waals surface area contributed by atoms with E-state index in [1.165, 1.54) is 17.2 Å². The first-order valence-electron chi connectivity index (χ1n) is 10.2. The van der Waals surface area contributed by atoms with Crippen LogP contribution in [-0.4, -0.2) is 29.9 Å². The predicted octanol–water partition coefficient (Wildman–Crippen LogP) is 4.13. The maximum Gasteiger partial charge on any atom is 0.223 e. The molecule has 0 aliphatic carbocycles. The van der Waals surface area contributed by atoms with Crippen molar-refractivity contribution in [1.82, 2.24) is 15.5 Å². The summed E-state index contributed by atoms with van der Waals surface area (Å²) in [7, 11) is 0. The molecule has 30 heavy (non-hydrogen) atoms. The third-order valence-corrected chi connectivity index (χ3v) is 5.04. The lowest BCUT2D eigenvalue weighted by molar-refractivity contribution is -0.131. The van der Waals surface area contributed by atoms with Crippen LogP contribution in [0.3, 0.4) is 0 Å². The van der Waals surface area contributed by atoms with Crippen LogP contribution in [0.1, 0.15) is 42.0 Å². The predicted molar refractivity (Wildman–Crippen MR) is 129 cm³/mol. The molecule has 1 aliphatic heterocycles. The Labute approximate surface area is 195 Å². The molecule has 0 fully saturated rings. The molecule has 1 amide bonds. The van der Waals surface area contributed by atoms with E-state index >= 15 is 0 Å². The van der Waals surface area contributed by atoms with Crippen molar-refractivity contribution in [2.45, 2.75) is 46.3 Å². The second-order valence-electron chi connectivity index (χ2n) is 7.33. The third kappa shape index (κ3) is 6.68. The van der Waals surface area contributed by atoms with Crippen molar-refractivity contribution in [3.8, 4) is 0 Å². The number of carbonyl (C=O) groups is 1. The van der Waals surface area contributed by atoms with E-state index < -0.39 is 0 Å². The van der Waals surface area contributed by atoms with E-state index in [2.05, 4.69) is 27.8 Å². The molecular weight excluding hydrogens is 494 g/mol. The summed E-state index contributed by atoms with van der Waals surface area (Å²) in [6.07, 6.45) is 1.25. The second kappa shape index (κ2) is 11.9. The number of carbonyl (C=O) groups excluding carboxylic acids is 1. The van der Waals surface area contributed by atoms with Gasteiger partial charge in [0.05, 0.1) is 6.54 Å². The van der Waals surface area contributed by atoms with Gasteiger partial charge in [0.15, 0.2) is 5.96 Å². The van der Waals surface area contributed by atoms with Crippen LogP contribution < -0.4 is 10.6 Å². The van der Waals surface area contributed by atoms with Crippen LogP contribution in [-0.2, 0) is 24.4 Å². The first-order chi connectivity index (χ1) is 14.1. The monoisotopic (exact) mass is 524 g/mol. The molecule has 5 nitrogen and oxygen atoms in total. The van der Waals surface area contributed by atoms with Gasteiger partial charge in [-0.1, -0.05) is 36.4 Å². The van der Waals surface area contributed by atoms with Gasteiger partial charge in [0.25, 0.3) is 0 Å². The minimum Gasteiger partial charge on any atom is -0.357 e. The second-order valence-corrected chi connectivity index (χ2v) is 7.33. The number of halogens is 2. The first kappa shape index (κ1) is 24.1. The Bertz CT molecular complexity index is 862. The Morgan fingerprint density at radius 1 is 1.13 bits per heavy atom. The summed E-state index contributed by atoms with van der Waals surface area (Å²) < 4.78 is 13.4. The molecule has 0 saturated heterocycles. The van der Waals surface area contributed by atoms with Crippen molar-refractivity contribution in [2.75, 3.05) is 13.1 Å². The van der Waals surface area contributed by atoms with Crippen molar-refractivity contribution in [1.29, 1.82) is 0 Å². The summed E-state index contributed by atoms with van der Waals surface area (Å²) in [5.74, 6) is 0.691. The maximum atomic E-state index is 13.4. The van der Waals surface area contributed by atoms with Gasteiger partial charge >= 0.3 is 0 Å². The van der Waals surface area contributed by atoms with Crippen LogP contribution in [0.2, 0.25) is 0 Å². The number of nitrogens with one attached hydrogen (secondary N) is 2. The molecule has 2 N–H and O–H groups in total. The van der Waals surface area contributed by atoms with Gasteiger partial charge in [0.1, 0.15) is 5.82 Å². The summed E-state index contributed by atoms with van der Waals surface area (Å²) in [5, 5.41) is 6.48. The largest absolute Gasteiger partial charge is 0.357 e. The van der Waals surface area contributed by atoms with E-state index in [1.807, 2.05) is 30.0 Å². The van der Waals surface area contributed by atoms with Crippen LogP contribution in [0.4, 0.5) is 4.39 Å². The Balaban J connectivity index is 0.00000320. The SMILES string of the molecule is CCNC(=NCc1ccc(F)c(C)c1)NCCCC(=O)N1Cc2ccccc2C1.I. The lowest BCUT2D eigenvalue weighted by Gasteiger charge is -2.16. The van der Waals surface area contributed by atoms with E-state index in [9.17, 15) is 9.18 Å². The number of rotatable bonds is 7. The average molecular weight is 524 g/mol. The molecule has 7 heteroatoms. The highest BCUT2D eigenvalue weighted by molar-refractivity contribution is 14.0. The molecule has 0 saturated carbocycles. The van der Waals surface area contributed by atoms with E-state index in [0.29, 0.717) is 44.1 Å². The van der Waals surface area contributed by atoms with E-state index in [1.54, 1.807) is 13.0 Å². The summed E-state index contributed by atoms with van der Waals surface area (Å²) in [4.78, 5) is 18.9. The summed E-state index contributed by atoms with van der Waals surface area (Å²) >= 11 is 0. The smallest absolute Gasteiger partial charge is 0.223 e. The highest BCUT2D eigenvalue weighted by Crippen LogP contribution is 2.22. The molecule has 0 unspecified atom stereocenters. The van der Waals surface area contributed by atoms with Crippen LogP contribution in [0.15, 0.2) is 47.5 Å². The topological polar surface area (TPSA) is 56.7 Å². The molecule has 0 spiro atoms. The number of guanidine groups is 1. The molecule has 0 aromatic heterocycles. The third-order valence-electron chi connectivity index (χ3n) is 5.04. The molecule has 0 bridgehead atoms. The Hall–Kier alpha value is -2.16. The number of hydrogen-bond donors (Lipinski definition) is 2. The molecular formula is C23H30FIN4O. The van der Waals surface area contributed by atoms with Crippen LogP contribution in [0.25, 0.3) is 0 Å². The molecule has 2 aromatic carbocycles. The molecule has 1 aliphatic rings. The highest BCUT2D eigenvalue weighted by Gasteiger charge is 2.22. The molecule has 3 rings (SSSR count). The van der Waals surface area contributed by atoms with E-state index in [4.69, 9.17) is 0 Å². The van der Waals surface area contributed by atoms with Gasteiger partial charge in [-0.25, -0.2) is 9.38 Å². The minimum atomic E-state index is -0.200. The van der Waals surface area contributed by atoms with Crippen molar-refractivity contribution in [3.05, 3.63) is 70.5 Å². The van der Waals surface area contributed by atoms with Crippen LogP contribution >= 0.6 is 24.0 Å². The number of aryl methyl sites for hydroxylation is 1. The standard InChI is InChI=1S/C23H29FN4O.HI/c1-3-25-23(27-14-18-10-11-21(24)17(2)13-18)26-12-6-9-22(29)28-15-19-7-4-5-8-20(19)16-28;/h4-5,7-8,10-11,13H,3,6,9,12,14-16H2,1-2H3,(H2,25,26,27);1H. The van der Waals surface area contributed by atoms with Crippen molar-refractivity contribution in [3.63, 3.8) is 0 Å². The Morgan fingerprint density at radius 3 is 2.47 bits per heavy atom. The van der Waals surface area contributed by atoms with Gasteiger partial charge in [-0.2, -0.15) is 0 Å². The number of fused-ring (bicyclic) bond motifs is 1. The van der Waals surface area contributed by atoms with Crippen molar-refractivity contribution in [2.24, 2.45) is 4.99 Å². The number of amides is 1. The maximum absolute atomic E-state index is 13.4. The number of hydrogen-bond acceptors (Lipinski definition) is 2. The van der Waals surface area contributed by atoms with Crippen LogP contribution in [0, 0.1) is 12.7 Å². The fourth-order valence-electron chi connectivity index (χ4n) is 3.43. The molecule has 2 aromatic rings. The molecule has 0 radical (unpaired) electrons. The molecule has 0 atom stereocenters. The zero-order valence-corrected chi connectivity index (χ0v) is 19.9. The van der Waals surface area contributed by atoms with Gasteiger partial charge in [0.2, 0.25) is 5.91 Å². The Morgan fingerprint density at radius 2 is 1.83 bits per heavy atom. The number of aliphatic imine (C=N–C) groups is 1. The van der Waals surface area contributed by atoms with Gasteiger partial charge in [-0.3, -0.25) is 4.79 Å². The summed E-state index contributed by atoms with van der Waals surface area (Å²) in [6, 6.07) is 13.3. The van der Waals surface area contributed by atoms with Gasteiger partial charge in [0, 0.05) is 32.6 Å². The summed E-state index contributed by atoms with van der Waals surface area (Å²) in [6.45, 7) is 7.07. The van der Waals surface area contributed by atoms with Gasteiger partial charge in [-0.05, 0) is 48.6 Å². The minimum absolute atomic E-state index is 0. The number of benzene rings is 2. The van der Waals surface area contributed by atoms with E-state index in [0.717, 1.165) is 18.5 Å².